The van der Waals surface area contributed by atoms with Gasteiger partial charge in [-0.3, -0.25) is 0 Å². The van der Waals surface area contributed by atoms with Gasteiger partial charge in [-0.15, -0.1) is 0 Å². The lowest BCUT2D eigenvalue weighted by Gasteiger charge is -2.31. The molecular weight excluding hydrogens is 256 g/mol. The van der Waals surface area contributed by atoms with E-state index in [4.69, 9.17) is 4.74 Å². The summed E-state index contributed by atoms with van der Waals surface area (Å²) in [5, 5.41) is 0. The first-order valence-electron chi connectivity index (χ1n) is 4.84. The fraction of sp³-hybridized carbons (Fsp3) is 0.545. The second-order valence-electron chi connectivity index (χ2n) is 4.29. The zero-order valence-electron chi connectivity index (χ0n) is 9.62. The van der Waals surface area contributed by atoms with E-state index in [1.165, 1.54) is 0 Å². The maximum absolute atomic E-state index is 5.63. The molecule has 1 aromatic heterocycles. The Morgan fingerprint density at radius 2 is 2.07 bits per heavy atom. The van der Waals surface area contributed by atoms with Gasteiger partial charge in [0, 0.05) is 11.6 Å². The zero-order chi connectivity index (χ0) is 11.5. The highest BCUT2D eigenvalue weighted by Gasteiger charge is 2.21. The third-order valence-electron chi connectivity index (χ3n) is 2.47. The summed E-state index contributed by atoms with van der Waals surface area (Å²) < 4.78 is 6.42. The molecule has 0 amide bonds. The van der Waals surface area contributed by atoms with Gasteiger partial charge in [-0.1, -0.05) is 6.07 Å². The van der Waals surface area contributed by atoms with Crippen LogP contribution in [0.4, 0.5) is 0 Å². The second kappa shape index (κ2) is 4.94. The van der Waals surface area contributed by atoms with Crippen LogP contribution in [0.25, 0.3) is 0 Å². The molecule has 0 spiro atoms. The van der Waals surface area contributed by atoms with E-state index in [0.717, 1.165) is 4.60 Å². The number of aromatic nitrogens is 1. The van der Waals surface area contributed by atoms with Gasteiger partial charge in [-0.05, 0) is 49.9 Å². The third kappa shape index (κ3) is 3.80. The van der Waals surface area contributed by atoms with E-state index in [2.05, 4.69) is 39.7 Å². The molecule has 4 heteroatoms. The molecule has 3 nitrogen and oxygen atoms in total. The first-order chi connectivity index (χ1) is 6.92. The van der Waals surface area contributed by atoms with Crippen molar-refractivity contribution in [3.05, 3.63) is 22.8 Å². The molecule has 1 aromatic rings. The predicted molar refractivity (Wildman–Crippen MR) is 65.2 cm³/mol. The molecule has 0 aromatic carbocycles. The van der Waals surface area contributed by atoms with Crippen molar-refractivity contribution in [2.75, 3.05) is 20.7 Å². The summed E-state index contributed by atoms with van der Waals surface area (Å²) in [5.41, 5.74) is 0.00397. The monoisotopic (exact) mass is 272 g/mol. The van der Waals surface area contributed by atoms with Crippen LogP contribution in [-0.4, -0.2) is 36.1 Å². The lowest BCUT2D eigenvalue weighted by molar-refractivity contribution is 0.111. The summed E-state index contributed by atoms with van der Waals surface area (Å²) in [7, 11) is 4.08. The summed E-state index contributed by atoms with van der Waals surface area (Å²) >= 11 is 3.31. The SMILES string of the molecule is CN(C)C(C)(C)COc1cccc(Br)n1. The Labute approximate surface area is 99.6 Å². The standard InChI is InChI=1S/C11H17BrN2O/c1-11(2,14(3)4)8-15-10-7-5-6-9(12)13-10/h5-7H,8H2,1-4H3. The summed E-state index contributed by atoms with van der Waals surface area (Å²) in [4.78, 5) is 6.34. The van der Waals surface area contributed by atoms with E-state index >= 15 is 0 Å². The Balaban J connectivity index is 2.57. The Morgan fingerprint density at radius 1 is 1.40 bits per heavy atom. The van der Waals surface area contributed by atoms with Gasteiger partial charge in [-0.25, -0.2) is 4.98 Å². The molecule has 0 atom stereocenters. The maximum Gasteiger partial charge on any atom is 0.214 e. The first kappa shape index (κ1) is 12.5. The maximum atomic E-state index is 5.63. The minimum Gasteiger partial charge on any atom is -0.476 e. The highest BCUT2D eigenvalue weighted by molar-refractivity contribution is 9.10. The number of rotatable bonds is 4. The smallest absolute Gasteiger partial charge is 0.214 e. The van der Waals surface area contributed by atoms with E-state index in [0.29, 0.717) is 12.5 Å². The van der Waals surface area contributed by atoms with Crippen LogP contribution in [0, 0.1) is 0 Å². The largest absolute Gasteiger partial charge is 0.476 e. The first-order valence-corrected chi connectivity index (χ1v) is 5.64. The number of hydrogen-bond donors (Lipinski definition) is 0. The van der Waals surface area contributed by atoms with Crippen LogP contribution in [0.2, 0.25) is 0 Å². The van der Waals surface area contributed by atoms with Crippen molar-refractivity contribution in [3.63, 3.8) is 0 Å². The molecule has 0 fully saturated rings. The van der Waals surface area contributed by atoms with Crippen LogP contribution in [0.1, 0.15) is 13.8 Å². The molecule has 0 saturated heterocycles. The normalized spacial score (nSPS) is 11.9. The van der Waals surface area contributed by atoms with Crippen molar-refractivity contribution in [2.45, 2.75) is 19.4 Å². The van der Waals surface area contributed by atoms with Gasteiger partial charge < -0.3 is 9.64 Å². The molecule has 0 radical (unpaired) electrons. The number of hydrogen-bond acceptors (Lipinski definition) is 3. The fourth-order valence-electron chi connectivity index (χ4n) is 0.850. The average Bonchev–Trinajstić information content (AvgIpc) is 2.15. The van der Waals surface area contributed by atoms with E-state index in [-0.39, 0.29) is 5.54 Å². The van der Waals surface area contributed by atoms with E-state index in [9.17, 15) is 0 Å². The van der Waals surface area contributed by atoms with Crippen molar-refractivity contribution in [3.8, 4) is 5.88 Å². The molecule has 84 valence electrons. The number of ether oxygens (including phenoxy) is 1. The minimum absolute atomic E-state index is 0.00397. The van der Waals surface area contributed by atoms with Crippen LogP contribution in [0.5, 0.6) is 5.88 Å². The second-order valence-corrected chi connectivity index (χ2v) is 5.11. The summed E-state index contributed by atoms with van der Waals surface area (Å²) in [6, 6.07) is 5.65. The molecule has 0 saturated carbocycles. The fourth-order valence-corrected chi connectivity index (χ4v) is 1.18. The van der Waals surface area contributed by atoms with E-state index in [1.807, 2.05) is 32.3 Å². The molecule has 0 aliphatic rings. The van der Waals surface area contributed by atoms with Crippen LogP contribution < -0.4 is 4.74 Å². The number of likely N-dealkylation sites (N-methyl/N-ethyl adjacent to an activating group) is 1. The minimum atomic E-state index is 0.00397. The van der Waals surface area contributed by atoms with Gasteiger partial charge in [-0.2, -0.15) is 0 Å². The molecule has 0 aliphatic carbocycles. The quantitative estimate of drug-likeness (QED) is 0.788. The summed E-state index contributed by atoms with van der Waals surface area (Å²) in [6.45, 7) is 4.87. The Kier molecular flexibility index (Phi) is 4.11. The van der Waals surface area contributed by atoms with E-state index in [1.54, 1.807) is 0 Å². The Hall–Kier alpha value is -0.610. The lowest BCUT2D eigenvalue weighted by atomic mass is 10.1. The van der Waals surface area contributed by atoms with Gasteiger partial charge in [0.2, 0.25) is 5.88 Å². The Morgan fingerprint density at radius 3 is 2.60 bits per heavy atom. The van der Waals surface area contributed by atoms with Crippen LogP contribution in [0.3, 0.4) is 0 Å². The summed E-state index contributed by atoms with van der Waals surface area (Å²) in [5.74, 6) is 0.652. The molecule has 0 bridgehead atoms. The van der Waals surface area contributed by atoms with E-state index < -0.39 is 0 Å². The molecule has 0 N–H and O–H groups in total. The zero-order valence-corrected chi connectivity index (χ0v) is 11.2. The topological polar surface area (TPSA) is 25.4 Å². The molecule has 15 heavy (non-hydrogen) atoms. The van der Waals surface area contributed by atoms with Crippen LogP contribution >= 0.6 is 15.9 Å². The van der Waals surface area contributed by atoms with Crippen molar-refractivity contribution >= 4 is 15.9 Å². The van der Waals surface area contributed by atoms with Gasteiger partial charge >= 0.3 is 0 Å². The van der Waals surface area contributed by atoms with Gasteiger partial charge in [0.1, 0.15) is 11.2 Å². The number of halogens is 1. The van der Waals surface area contributed by atoms with Crippen molar-refractivity contribution in [1.29, 1.82) is 0 Å². The average molecular weight is 273 g/mol. The van der Waals surface area contributed by atoms with Crippen molar-refractivity contribution in [2.24, 2.45) is 0 Å². The molecule has 0 aliphatic heterocycles. The van der Waals surface area contributed by atoms with Gasteiger partial charge in [0.15, 0.2) is 0 Å². The van der Waals surface area contributed by atoms with Crippen molar-refractivity contribution < 1.29 is 4.74 Å². The number of pyridine rings is 1. The highest BCUT2D eigenvalue weighted by Crippen LogP contribution is 2.15. The molecule has 0 unspecified atom stereocenters. The predicted octanol–water partition coefficient (Wildman–Crippen LogP) is 2.56. The van der Waals surface area contributed by atoms with Gasteiger partial charge in [0.05, 0.1) is 0 Å². The number of nitrogens with zero attached hydrogens (tertiary/aromatic N) is 2. The van der Waals surface area contributed by atoms with Crippen LogP contribution in [0.15, 0.2) is 22.8 Å². The van der Waals surface area contributed by atoms with Crippen LogP contribution in [-0.2, 0) is 0 Å². The highest BCUT2D eigenvalue weighted by atomic mass is 79.9. The van der Waals surface area contributed by atoms with Crippen molar-refractivity contribution in [1.82, 2.24) is 9.88 Å². The molecular formula is C11H17BrN2O. The van der Waals surface area contributed by atoms with Gasteiger partial charge in [0.25, 0.3) is 0 Å². The molecule has 1 heterocycles. The Bertz CT molecular complexity index is 326. The third-order valence-corrected chi connectivity index (χ3v) is 2.92. The molecule has 1 rings (SSSR count). The lowest BCUT2D eigenvalue weighted by Crippen LogP contribution is -2.43. The summed E-state index contributed by atoms with van der Waals surface area (Å²) in [6.07, 6.45) is 0.